The lowest BCUT2D eigenvalue weighted by Crippen LogP contribution is -2.42. The summed E-state index contributed by atoms with van der Waals surface area (Å²) in [5.41, 5.74) is 2.02. The van der Waals surface area contributed by atoms with E-state index in [-0.39, 0.29) is 24.2 Å². The van der Waals surface area contributed by atoms with Crippen molar-refractivity contribution < 1.29 is 23.8 Å². The van der Waals surface area contributed by atoms with Crippen LogP contribution in [-0.4, -0.2) is 41.6 Å². The maximum atomic E-state index is 12.9. The summed E-state index contributed by atoms with van der Waals surface area (Å²) in [5, 5.41) is 8.98. The van der Waals surface area contributed by atoms with Gasteiger partial charge in [0, 0.05) is 12.1 Å². The minimum absolute atomic E-state index is 0.181. The van der Waals surface area contributed by atoms with E-state index < -0.39 is 5.97 Å². The van der Waals surface area contributed by atoms with Gasteiger partial charge in [0.05, 0.1) is 25.0 Å². The van der Waals surface area contributed by atoms with Crippen LogP contribution in [-0.2, 0) is 16.0 Å². The number of furan rings is 1. The lowest BCUT2D eigenvalue weighted by molar-refractivity contribution is -0.136. The van der Waals surface area contributed by atoms with Crippen molar-refractivity contribution in [3.8, 4) is 0 Å². The highest BCUT2D eigenvalue weighted by atomic mass is 16.5. The number of nitrogens with zero attached hydrogens (tertiary/aromatic N) is 1. The molecular formula is C18H19NO5. The summed E-state index contributed by atoms with van der Waals surface area (Å²) in [7, 11) is 0. The molecule has 1 saturated heterocycles. The van der Waals surface area contributed by atoms with Gasteiger partial charge in [0.25, 0.3) is 5.91 Å². The van der Waals surface area contributed by atoms with E-state index in [1.807, 2.05) is 30.3 Å². The van der Waals surface area contributed by atoms with Crippen molar-refractivity contribution in [1.29, 1.82) is 0 Å². The summed E-state index contributed by atoms with van der Waals surface area (Å²) in [6.07, 6.45) is 0.946. The first kappa shape index (κ1) is 16.3. The Kier molecular flexibility index (Phi) is 4.66. The fourth-order valence-electron chi connectivity index (χ4n) is 2.91. The quantitative estimate of drug-likeness (QED) is 0.932. The van der Waals surface area contributed by atoms with E-state index in [4.69, 9.17) is 14.3 Å². The number of hydrogen-bond acceptors (Lipinski definition) is 4. The number of rotatable bonds is 4. The molecular weight excluding hydrogens is 310 g/mol. The molecule has 1 aliphatic rings. The molecule has 0 aliphatic carbocycles. The van der Waals surface area contributed by atoms with E-state index in [1.54, 1.807) is 11.8 Å². The van der Waals surface area contributed by atoms with E-state index >= 15 is 0 Å². The van der Waals surface area contributed by atoms with Crippen molar-refractivity contribution in [2.75, 3.05) is 19.7 Å². The Labute approximate surface area is 139 Å². The van der Waals surface area contributed by atoms with Gasteiger partial charge in [0.2, 0.25) is 0 Å². The van der Waals surface area contributed by atoms with Gasteiger partial charge in [-0.05, 0) is 12.5 Å². The van der Waals surface area contributed by atoms with Gasteiger partial charge in [-0.15, -0.1) is 0 Å². The SMILES string of the molecule is Cc1coc(CC(=O)O)c1C(=O)N1CCOC(c2ccccc2)C1. The van der Waals surface area contributed by atoms with Crippen molar-refractivity contribution >= 4 is 11.9 Å². The van der Waals surface area contributed by atoms with Crippen LogP contribution in [0.25, 0.3) is 0 Å². The van der Waals surface area contributed by atoms with Crippen LogP contribution in [0.2, 0.25) is 0 Å². The Bertz CT molecular complexity index is 737. The Balaban J connectivity index is 1.80. The largest absolute Gasteiger partial charge is 0.481 e. The fourth-order valence-corrected chi connectivity index (χ4v) is 2.91. The van der Waals surface area contributed by atoms with Gasteiger partial charge in [0.15, 0.2) is 0 Å². The summed E-state index contributed by atoms with van der Waals surface area (Å²) in [4.78, 5) is 25.5. The molecule has 1 aromatic carbocycles. The van der Waals surface area contributed by atoms with Crippen LogP contribution in [0, 0.1) is 6.92 Å². The van der Waals surface area contributed by atoms with Crippen LogP contribution < -0.4 is 0 Å². The Morgan fingerprint density at radius 1 is 1.29 bits per heavy atom. The minimum Gasteiger partial charge on any atom is -0.481 e. The predicted molar refractivity (Wildman–Crippen MR) is 85.8 cm³/mol. The molecule has 1 atom stereocenters. The number of carboxylic acid groups (broad SMARTS) is 1. The Hall–Kier alpha value is -2.60. The second-order valence-corrected chi connectivity index (χ2v) is 5.81. The lowest BCUT2D eigenvalue weighted by atomic mass is 10.1. The molecule has 1 aliphatic heterocycles. The first-order chi connectivity index (χ1) is 11.6. The molecule has 1 unspecified atom stereocenters. The molecule has 2 aromatic rings. The summed E-state index contributed by atoms with van der Waals surface area (Å²) in [6.45, 7) is 3.09. The van der Waals surface area contributed by atoms with Gasteiger partial charge in [-0.3, -0.25) is 9.59 Å². The number of carbonyl (C=O) groups excluding carboxylic acids is 1. The summed E-state index contributed by atoms with van der Waals surface area (Å²) >= 11 is 0. The summed E-state index contributed by atoms with van der Waals surface area (Å²) < 4.78 is 11.0. The highest BCUT2D eigenvalue weighted by Gasteiger charge is 2.30. The second kappa shape index (κ2) is 6.88. The molecule has 2 heterocycles. The molecule has 6 nitrogen and oxygen atoms in total. The van der Waals surface area contributed by atoms with Crippen molar-refractivity contribution in [2.24, 2.45) is 0 Å². The number of aryl methyl sites for hydroxylation is 1. The zero-order valence-corrected chi connectivity index (χ0v) is 13.4. The molecule has 1 amide bonds. The van der Waals surface area contributed by atoms with Crippen molar-refractivity contribution in [1.82, 2.24) is 4.90 Å². The average Bonchev–Trinajstić information content (AvgIpc) is 2.95. The number of ether oxygens (including phenoxy) is 1. The molecule has 0 spiro atoms. The molecule has 1 aromatic heterocycles. The zero-order valence-electron chi connectivity index (χ0n) is 13.4. The predicted octanol–water partition coefficient (Wildman–Crippen LogP) is 2.43. The number of carboxylic acids is 1. The Morgan fingerprint density at radius 3 is 2.75 bits per heavy atom. The number of amides is 1. The average molecular weight is 329 g/mol. The van der Waals surface area contributed by atoms with E-state index in [1.165, 1.54) is 6.26 Å². The molecule has 3 rings (SSSR count). The maximum absolute atomic E-state index is 12.9. The van der Waals surface area contributed by atoms with Crippen LogP contribution in [0.1, 0.15) is 33.3 Å². The normalized spacial score (nSPS) is 17.7. The van der Waals surface area contributed by atoms with Crippen LogP contribution in [0.4, 0.5) is 0 Å². The molecule has 0 radical (unpaired) electrons. The van der Waals surface area contributed by atoms with Crippen LogP contribution >= 0.6 is 0 Å². The molecule has 0 bridgehead atoms. The third-order valence-electron chi connectivity index (χ3n) is 4.10. The standard InChI is InChI=1S/C18H19NO5/c1-12-11-24-14(9-16(20)21)17(12)18(22)19-7-8-23-15(10-19)13-5-3-2-4-6-13/h2-6,11,15H,7-10H2,1H3,(H,20,21). The van der Waals surface area contributed by atoms with Gasteiger partial charge in [-0.1, -0.05) is 30.3 Å². The van der Waals surface area contributed by atoms with Crippen LogP contribution in [0.5, 0.6) is 0 Å². The highest BCUT2D eigenvalue weighted by Crippen LogP contribution is 2.25. The summed E-state index contributed by atoms with van der Waals surface area (Å²) in [5.74, 6) is -1.03. The van der Waals surface area contributed by atoms with Crippen molar-refractivity contribution in [2.45, 2.75) is 19.4 Å². The first-order valence-electron chi connectivity index (χ1n) is 7.81. The topological polar surface area (TPSA) is 80.0 Å². The van der Waals surface area contributed by atoms with Gasteiger partial charge >= 0.3 is 5.97 Å². The molecule has 0 saturated carbocycles. The first-order valence-corrected chi connectivity index (χ1v) is 7.81. The van der Waals surface area contributed by atoms with Gasteiger partial charge < -0.3 is 19.2 Å². The molecule has 1 fully saturated rings. The van der Waals surface area contributed by atoms with Gasteiger partial charge in [0.1, 0.15) is 18.3 Å². The van der Waals surface area contributed by atoms with E-state index in [0.717, 1.165) is 5.56 Å². The number of aliphatic carboxylic acids is 1. The molecule has 6 heteroatoms. The van der Waals surface area contributed by atoms with Gasteiger partial charge in [-0.2, -0.15) is 0 Å². The minimum atomic E-state index is -1.03. The number of carbonyl (C=O) groups is 2. The smallest absolute Gasteiger partial charge is 0.311 e. The van der Waals surface area contributed by atoms with Gasteiger partial charge in [-0.25, -0.2) is 0 Å². The molecule has 1 N–H and O–H groups in total. The number of morpholine rings is 1. The highest BCUT2D eigenvalue weighted by molar-refractivity contribution is 5.97. The lowest BCUT2D eigenvalue weighted by Gasteiger charge is -2.33. The van der Waals surface area contributed by atoms with Crippen molar-refractivity contribution in [3.63, 3.8) is 0 Å². The van der Waals surface area contributed by atoms with E-state index in [2.05, 4.69) is 0 Å². The fraction of sp³-hybridized carbons (Fsp3) is 0.333. The monoisotopic (exact) mass is 329 g/mol. The molecule has 126 valence electrons. The summed E-state index contributed by atoms with van der Waals surface area (Å²) in [6, 6.07) is 9.74. The number of hydrogen-bond donors (Lipinski definition) is 1. The third-order valence-corrected chi connectivity index (χ3v) is 4.10. The maximum Gasteiger partial charge on any atom is 0.311 e. The third kappa shape index (κ3) is 3.33. The molecule has 24 heavy (non-hydrogen) atoms. The van der Waals surface area contributed by atoms with Crippen LogP contribution in [0.3, 0.4) is 0 Å². The van der Waals surface area contributed by atoms with Crippen molar-refractivity contribution in [3.05, 3.63) is 59.0 Å². The van der Waals surface area contributed by atoms with Crippen LogP contribution in [0.15, 0.2) is 41.0 Å². The number of benzene rings is 1. The van der Waals surface area contributed by atoms with E-state index in [9.17, 15) is 9.59 Å². The Morgan fingerprint density at radius 2 is 2.04 bits per heavy atom. The zero-order chi connectivity index (χ0) is 17.1. The second-order valence-electron chi connectivity index (χ2n) is 5.81. The van der Waals surface area contributed by atoms with E-state index in [0.29, 0.717) is 30.8 Å².